The lowest BCUT2D eigenvalue weighted by molar-refractivity contribution is 0.526. The summed E-state index contributed by atoms with van der Waals surface area (Å²) < 4.78 is 12.8. The monoisotopic (exact) mass is 192 g/mol. The van der Waals surface area contributed by atoms with Crippen LogP contribution in [0.15, 0.2) is 24.3 Å². The van der Waals surface area contributed by atoms with Crippen LogP contribution in [0.25, 0.3) is 0 Å². The highest BCUT2D eigenvalue weighted by Gasteiger charge is 2.22. The number of benzene rings is 1. The van der Waals surface area contributed by atoms with Crippen LogP contribution in [0.2, 0.25) is 0 Å². The van der Waals surface area contributed by atoms with E-state index in [1.54, 1.807) is 12.1 Å². The first kappa shape index (κ1) is 11.3. The van der Waals surface area contributed by atoms with Gasteiger partial charge in [-0.2, -0.15) is 0 Å². The zero-order chi connectivity index (χ0) is 10.6. The van der Waals surface area contributed by atoms with Crippen molar-refractivity contribution in [2.24, 2.45) is 0 Å². The summed E-state index contributed by atoms with van der Waals surface area (Å²) in [5.74, 6) is -0.149. The van der Waals surface area contributed by atoms with Gasteiger partial charge >= 0.3 is 0 Å². The Balaban J connectivity index is 2.94. The SMILES string of the molecule is BC(CC)(CCC)c1ccc(F)cc1. The van der Waals surface area contributed by atoms with E-state index in [1.165, 1.54) is 12.0 Å². The highest BCUT2D eigenvalue weighted by atomic mass is 19.1. The van der Waals surface area contributed by atoms with Crippen molar-refractivity contribution in [2.45, 2.75) is 38.4 Å². The Labute approximate surface area is 86.9 Å². The van der Waals surface area contributed by atoms with Crippen LogP contribution < -0.4 is 0 Å². The van der Waals surface area contributed by atoms with Gasteiger partial charge in [-0.15, -0.1) is 0 Å². The van der Waals surface area contributed by atoms with Crippen molar-refractivity contribution >= 4 is 7.85 Å². The molecule has 1 atom stereocenters. The molecule has 0 aliphatic heterocycles. The second-order valence-corrected chi connectivity index (χ2v) is 4.17. The third-order valence-electron chi connectivity index (χ3n) is 3.12. The molecule has 1 aromatic carbocycles. The molecular weight excluding hydrogens is 174 g/mol. The molecule has 0 aliphatic carbocycles. The van der Waals surface area contributed by atoms with Crippen molar-refractivity contribution in [1.29, 1.82) is 0 Å². The summed E-state index contributed by atoms with van der Waals surface area (Å²) >= 11 is 0. The predicted octanol–water partition coefficient (Wildman–Crippen LogP) is 2.86. The lowest BCUT2D eigenvalue weighted by atomic mass is 9.60. The van der Waals surface area contributed by atoms with E-state index in [4.69, 9.17) is 0 Å². The van der Waals surface area contributed by atoms with Crippen LogP contribution in [-0.2, 0) is 5.31 Å². The van der Waals surface area contributed by atoms with Gasteiger partial charge in [0, 0.05) is 0 Å². The zero-order valence-corrected chi connectivity index (χ0v) is 9.31. The van der Waals surface area contributed by atoms with E-state index < -0.39 is 0 Å². The van der Waals surface area contributed by atoms with E-state index in [9.17, 15) is 4.39 Å². The maximum atomic E-state index is 12.8. The highest BCUT2D eigenvalue weighted by Crippen LogP contribution is 2.29. The van der Waals surface area contributed by atoms with Crippen LogP contribution in [0.5, 0.6) is 0 Å². The van der Waals surface area contributed by atoms with Crippen molar-refractivity contribution in [3.8, 4) is 0 Å². The van der Waals surface area contributed by atoms with Crippen LogP contribution in [0.3, 0.4) is 0 Å². The van der Waals surface area contributed by atoms with Gasteiger partial charge < -0.3 is 0 Å². The molecule has 0 nitrogen and oxygen atoms in total. The van der Waals surface area contributed by atoms with Crippen molar-refractivity contribution in [1.82, 2.24) is 0 Å². The number of rotatable bonds is 4. The summed E-state index contributed by atoms with van der Waals surface area (Å²) in [5, 5.41) is 0.211. The molecule has 0 saturated carbocycles. The van der Waals surface area contributed by atoms with Gasteiger partial charge in [-0.25, -0.2) is 4.39 Å². The van der Waals surface area contributed by atoms with Crippen LogP contribution in [0.4, 0.5) is 4.39 Å². The highest BCUT2D eigenvalue weighted by molar-refractivity contribution is 6.15. The zero-order valence-electron chi connectivity index (χ0n) is 9.31. The van der Waals surface area contributed by atoms with Crippen LogP contribution in [0, 0.1) is 5.82 Å². The fourth-order valence-electron chi connectivity index (χ4n) is 1.93. The summed E-state index contributed by atoms with van der Waals surface area (Å²) in [6, 6.07) is 6.93. The third-order valence-corrected chi connectivity index (χ3v) is 3.12. The molecule has 14 heavy (non-hydrogen) atoms. The smallest absolute Gasteiger partial charge is 0.123 e. The number of hydrogen-bond donors (Lipinski definition) is 0. The molecule has 2 heteroatoms. The first-order chi connectivity index (χ1) is 6.62. The first-order valence-corrected chi connectivity index (χ1v) is 5.38. The molecule has 0 spiro atoms. The van der Waals surface area contributed by atoms with Crippen LogP contribution in [-0.4, -0.2) is 7.85 Å². The minimum atomic E-state index is -0.149. The maximum absolute atomic E-state index is 12.8. The Morgan fingerprint density at radius 3 is 2.21 bits per heavy atom. The Bertz CT molecular complexity index is 281. The molecule has 0 bridgehead atoms. The van der Waals surface area contributed by atoms with Gasteiger partial charge in [0.1, 0.15) is 13.7 Å². The first-order valence-electron chi connectivity index (χ1n) is 5.38. The van der Waals surface area contributed by atoms with Gasteiger partial charge in [0.05, 0.1) is 0 Å². The van der Waals surface area contributed by atoms with Crippen molar-refractivity contribution in [3.05, 3.63) is 35.6 Å². The summed E-state index contributed by atoms with van der Waals surface area (Å²) in [5.41, 5.74) is 1.25. The van der Waals surface area contributed by atoms with E-state index in [0.717, 1.165) is 12.8 Å². The number of hydrogen-bond acceptors (Lipinski definition) is 0. The normalized spacial score (nSPS) is 15.1. The van der Waals surface area contributed by atoms with E-state index >= 15 is 0 Å². The molecule has 1 rings (SSSR count). The van der Waals surface area contributed by atoms with Gasteiger partial charge in [-0.05, 0) is 23.0 Å². The fraction of sp³-hybridized carbons (Fsp3) is 0.500. The molecule has 76 valence electrons. The van der Waals surface area contributed by atoms with E-state index in [1.807, 2.05) is 12.1 Å². The molecule has 0 saturated heterocycles. The standard InChI is InChI=1S/C12H18BF/c1-3-9-12(13,4-2)10-5-7-11(14)8-6-10/h5-8H,3-4,9,13H2,1-2H3. The Morgan fingerprint density at radius 2 is 1.79 bits per heavy atom. The Hall–Kier alpha value is -0.785. The van der Waals surface area contributed by atoms with Gasteiger partial charge in [-0.1, -0.05) is 45.2 Å². The van der Waals surface area contributed by atoms with Crippen molar-refractivity contribution in [3.63, 3.8) is 0 Å². The molecule has 0 N–H and O–H groups in total. The van der Waals surface area contributed by atoms with Crippen molar-refractivity contribution < 1.29 is 4.39 Å². The molecular formula is C12H18BF. The average molecular weight is 192 g/mol. The van der Waals surface area contributed by atoms with Crippen LogP contribution in [0.1, 0.15) is 38.7 Å². The third kappa shape index (κ3) is 2.37. The van der Waals surface area contributed by atoms with E-state index in [2.05, 4.69) is 21.7 Å². The number of halogens is 1. The fourth-order valence-corrected chi connectivity index (χ4v) is 1.93. The quantitative estimate of drug-likeness (QED) is 0.643. The molecule has 0 fully saturated rings. The summed E-state index contributed by atoms with van der Waals surface area (Å²) in [6.45, 7) is 4.39. The molecule has 0 amide bonds. The van der Waals surface area contributed by atoms with Gasteiger partial charge in [0.2, 0.25) is 0 Å². The Kier molecular flexibility index (Phi) is 3.73. The summed E-state index contributed by atoms with van der Waals surface area (Å²) in [4.78, 5) is 0. The van der Waals surface area contributed by atoms with Gasteiger partial charge in [0.25, 0.3) is 0 Å². The lowest BCUT2D eigenvalue weighted by Gasteiger charge is -2.28. The van der Waals surface area contributed by atoms with Gasteiger partial charge in [-0.3, -0.25) is 0 Å². The van der Waals surface area contributed by atoms with Gasteiger partial charge in [0.15, 0.2) is 0 Å². The topological polar surface area (TPSA) is 0 Å². The molecule has 0 heterocycles. The Morgan fingerprint density at radius 1 is 1.21 bits per heavy atom. The minimum absolute atomic E-state index is 0.149. The lowest BCUT2D eigenvalue weighted by Crippen LogP contribution is -2.25. The summed E-state index contributed by atoms with van der Waals surface area (Å²) in [6.07, 6.45) is 3.43. The second kappa shape index (κ2) is 4.63. The molecule has 0 aliphatic rings. The van der Waals surface area contributed by atoms with E-state index in [-0.39, 0.29) is 11.1 Å². The maximum Gasteiger partial charge on any atom is 0.123 e. The van der Waals surface area contributed by atoms with Crippen LogP contribution >= 0.6 is 0 Å². The van der Waals surface area contributed by atoms with E-state index in [0.29, 0.717) is 0 Å². The molecule has 1 unspecified atom stereocenters. The molecule has 0 radical (unpaired) electrons. The van der Waals surface area contributed by atoms with Crippen molar-refractivity contribution in [2.75, 3.05) is 0 Å². The molecule has 0 aromatic heterocycles. The minimum Gasteiger partial charge on any atom is -0.207 e. The second-order valence-electron chi connectivity index (χ2n) is 4.17. The average Bonchev–Trinajstić information content (AvgIpc) is 2.19. The predicted molar refractivity (Wildman–Crippen MR) is 61.8 cm³/mol. The molecule has 1 aromatic rings. The summed E-state index contributed by atoms with van der Waals surface area (Å²) in [7, 11) is 2.25. The largest absolute Gasteiger partial charge is 0.207 e.